The molecule has 0 aliphatic carbocycles. The normalized spacial score (nSPS) is 12.2. The van der Waals surface area contributed by atoms with Crippen LogP contribution in [0.3, 0.4) is 0 Å². The van der Waals surface area contributed by atoms with E-state index in [1.165, 1.54) is 11.4 Å². The summed E-state index contributed by atoms with van der Waals surface area (Å²) >= 11 is 0. The van der Waals surface area contributed by atoms with Crippen molar-refractivity contribution >= 4 is 21.8 Å². The Kier molecular flexibility index (Phi) is 10.6. The monoisotopic (exact) mass is 535 g/mol. The van der Waals surface area contributed by atoms with Crippen LogP contribution in [0.5, 0.6) is 0 Å². The van der Waals surface area contributed by atoms with Crippen LogP contribution in [0.2, 0.25) is 0 Å². The van der Waals surface area contributed by atoms with Crippen molar-refractivity contribution in [2.24, 2.45) is 0 Å². The largest absolute Gasteiger partial charge is 0.355 e. The standard InChI is InChI=1S/C30H37N3O4S/c1-4-31-30(35)28(22-25-12-7-5-8-13-25)33(23-26-19-17-24(2)18-20-26)29(34)16-11-21-32(3)38(36,37)27-14-9-6-10-15-27/h5-10,12-15,17-20,28H,4,11,16,21-23H2,1-3H3,(H,31,35). The molecule has 38 heavy (non-hydrogen) atoms. The van der Waals surface area contributed by atoms with Gasteiger partial charge < -0.3 is 10.2 Å². The highest BCUT2D eigenvalue weighted by molar-refractivity contribution is 7.89. The average molecular weight is 536 g/mol. The Morgan fingerprint density at radius 3 is 2.08 bits per heavy atom. The summed E-state index contributed by atoms with van der Waals surface area (Å²) in [6.45, 7) is 4.78. The number of carbonyl (C=O) groups excluding carboxylic acids is 2. The first-order valence-corrected chi connectivity index (χ1v) is 14.3. The van der Waals surface area contributed by atoms with E-state index in [9.17, 15) is 18.0 Å². The molecule has 0 spiro atoms. The van der Waals surface area contributed by atoms with Gasteiger partial charge in [-0.2, -0.15) is 0 Å². The Hall–Kier alpha value is -3.49. The fourth-order valence-corrected chi connectivity index (χ4v) is 5.46. The Morgan fingerprint density at radius 1 is 0.868 bits per heavy atom. The third kappa shape index (κ3) is 8.00. The Balaban J connectivity index is 1.79. The third-order valence-corrected chi connectivity index (χ3v) is 8.28. The van der Waals surface area contributed by atoms with Crippen molar-refractivity contribution < 1.29 is 18.0 Å². The number of benzene rings is 3. The molecule has 1 N–H and O–H groups in total. The van der Waals surface area contributed by atoms with Gasteiger partial charge >= 0.3 is 0 Å². The van der Waals surface area contributed by atoms with Crippen LogP contribution in [0.15, 0.2) is 89.8 Å². The number of hydrogen-bond donors (Lipinski definition) is 1. The second-order valence-corrected chi connectivity index (χ2v) is 11.4. The molecule has 1 unspecified atom stereocenters. The summed E-state index contributed by atoms with van der Waals surface area (Å²) in [7, 11) is -2.13. The van der Waals surface area contributed by atoms with Gasteiger partial charge in [-0.05, 0) is 43.5 Å². The highest BCUT2D eigenvalue weighted by Crippen LogP contribution is 2.18. The zero-order chi connectivity index (χ0) is 27.5. The van der Waals surface area contributed by atoms with Crippen molar-refractivity contribution in [3.8, 4) is 0 Å². The molecule has 0 aromatic heterocycles. The molecular formula is C30H37N3O4S. The van der Waals surface area contributed by atoms with Gasteiger partial charge in [0.15, 0.2) is 0 Å². The highest BCUT2D eigenvalue weighted by atomic mass is 32.2. The molecule has 0 radical (unpaired) electrons. The van der Waals surface area contributed by atoms with Gasteiger partial charge in [-0.25, -0.2) is 12.7 Å². The molecule has 0 saturated heterocycles. The lowest BCUT2D eigenvalue weighted by Crippen LogP contribution is -2.50. The van der Waals surface area contributed by atoms with Crippen LogP contribution < -0.4 is 5.32 Å². The molecule has 8 heteroatoms. The fraction of sp³-hybridized carbons (Fsp3) is 0.333. The zero-order valence-corrected chi connectivity index (χ0v) is 23.2. The van der Waals surface area contributed by atoms with Gasteiger partial charge in [0.2, 0.25) is 21.8 Å². The summed E-state index contributed by atoms with van der Waals surface area (Å²) in [6.07, 6.45) is 0.830. The van der Waals surface area contributed by atoms with Crippen LogP contribution in [-0.4, -0.2) is 55.6 Å². The number of rotatable bonds is 13. The lowest BCUT2D eigenvalue weighted by molar-refractivity contribution is -0.141. The van der Waals surface area contributed by atoms with Crippen molar-refractivity contribution in [2.75, 3.05) is 20.1 Å². The van der Waals surface area contributed by atoms with E-state index in [2.05, 4.69) is 5.32 Å². The van der Waals surface area contributed by atoms with E-state index in [1.54, 1.807) is 35.2 Å². The third-order valence-electron chi connectivity index (χ3n) is 6.41. The SMILES string of the molecule is CCNC(=O)C(Cc1ccccc1)N(Cc1ccc(C)cc1)C(=O)CCCN(C)S(=O)(=O)c1ccccc1. The molecule has 202 valence electrons. The molecule has 1 atom stereocenters. The second kappa shape index (κ2) is 13.9. The summed E-state index contributed by atoms with van der Waals surface area (Å²) in [6, 6.07) is 25.1. The number of nitrogens with zero attached hydrogens (tertiary/aromatic N) is 2. The van der Waals surface area contributed by atoms with E-state index in [-0.39, 0.29) is 36.2 Å². The van der Waals surface area contributed by atoms with E-state index in [4.69, 9.17) is 0 Å². The van der Waals surface area contributed by atoms with E-state index in [0.29, 0.717) is 19.4 Å². The summed E-state index contributed by atoms with van der Waals surface area (Å²) in [5.74, 6) is -0.399. The van der Waals surface area contributed by atoms with Crippen molar-refractivity contribution in [1.29, 1.82) is 0 Å². The molecule has 0 saturated carbocycles. The molecular weight excluding hydrogens is 498 g/mol. The van der Waals surface area contributed by atoms with Crippen LogP contribution in [0.4, 0.5) is 0 Å². The first-order chi connectivity index (χ1) is 18.2. The molecule has 0 bridgehead atoms. The maximum Gasteiger partial charge on any atom is 0.243 e. The maximum atomic E-state index is 13.6. The molecule has 3 rings (SSSR count). The van der Waals surface area contributed by atoms with Gasteiger partial charge in [-0.1, -0.05) is 78.4 Å². The van der Waals surface area contributed by atoms with Crippen molar-refractivity contribution in [2.45, 2.75) is 50.6 Å². The number of nitrogens with one attached hydrogen (secondary N) is 1. The Labute approximate surface area is 226 Å². The van der Waals surface area contributed by atoms with E-state index in [0.717, 1.165) is 16.7 Å². The molecule has 2 amide bonds. The van der Waals surface area contributed by atoms with Crippen LogP contribution in [0.25, 0.3) is 0 Å². The van der Waals surface area contributed by atoms with Crippen molar-refractivity contribution in [3.63, 3.8) is 0 Å². The van der Waals surface area contributed by atoms with Crippen LogP contribution in [-0.2, 0) is 32.6 Å². The van der Waals surface area contributed by atoms with Gasteiger partial charge in [0.25, 0.3) is 0 Å². The number of aryl methyl sites for hydroxylation is 1. The lowest BCUT2D eigenvalue weighted by atomic mass is 10.0. The number of carbonyl (C=O) groups is 2. The average Bonchev–Trinajstić information content (AvgIpc) is 2.92. The quantitative estimate of drug-likeness (QED) is 0.356. The van der Waals surface area contributed by atoms with Crippen molar-refractivity contribution in [1.82, 2.24) is 14.5 Å². The minimum atomic E-state index is -3.64. The zero-order valence-electron chi connectivity index (χ0n) is 22.3. The topological polar surface area (TPSA) is 86.8 Å². The predicted molar refractivity (Wildman–Crippen MR) is 150 cm³/mol. The van der Waals surface area contributed by atoms with Crippen LogP contribution in [0.1, 0.15) is 36.5 Å². The number of hydrogen-bond acceptors (Lipinski definition) is 4. The first kappa shape index (κ1) is 29.1. The van der Waals surface area contributed by atoms with Gasteiger partial charge in [0.1, 0.15) is 6.04 Å². The van der Waals surface area contributed by atoms with E-state index >= 15 is 0 Å². The van der Waals surface area contributed by atoms with E-state index in [1.807, 2.05) is 68.4 Å². The number of likely N-dealkylation sites (N-methyl/N-ethyl adjacent to an activating group) is 1. The molecule has 0 aliphatic heterocycles. The number of sulfonamides is 1. The number of amides is 2. The molecule has 3 aromatic rings. The van der Waals surface area contributed by atoms with Crippen LogP contribution >= 0.6 is 0 Å². The fourth-order valence-electron chi connectivity index (χ4n) is 4.23. The smallest absolute Gasteiger partial charge is 0.243 e. The maximum absolute atomic E-state index is 13.6. The van der Waals surface area contributed by atoms with Gasteiger partial charge in [-0.15, -0.1) is 0 Å². The molecule has 0 aliphatic rings. The van der Waals surface area contributed by atoms with Gasteiger partial charge in [0.05, 0.1) is 4.90 Å². The Bertz CT molecular complexity index is 1280. The second-order valence-electron chi connectivity index (χ2n) is 9.35. The highest BCUT2D eigenvalue weighted by Gasteiger charge is 2.30. The van der Waals surface area contributed by atoms with Crippen LogP contribution in [0, 0.1) is 6.92 Å². The summed E-state index contributed by atoms with van der Waals surface area (Å²) in [5, 5.41) is 2.89. The summed E-state index contributed by atoms with van der Waals surface area (Å²) in [5.41, 5.74) is 2.99. The summed E-state index contributed by atoms with van der Waals surface area (Å²) in [4.78, 5) is 28.7. The summed E-state index contributed by atoms with van der Waals surface area (Å²) < 4.78 is 27.0. The van der Waals surface area contributed by atoms with Gasteiger partial charge in [-0.3, -0.25) is 9.59 Å². The first-order valence-electron chi connectivity index (χ1n) is 12.9. The van der Waals surface area contributed by atoms with E-state index < -0.39 is 16.1 Å². The molecule has 3 aromatic carbocycles. The minimum absolute atomic E-state index is 0.116. The predicted octanol–water partition coefficient (Wildman–Crippen LogP) is 4.17. The minimum Gasteiger partial charge on any atom is -0.355 e. The molecule has 0 fully saturated rings. The van der Waals surface area contributed by atoms with Crippen molar-refractivity contribution in [3.05, 3.63) is 102 Å². The lowest BCUT2D eigenvalue weighted by Gasteiger charge is -2.32. The van der Waals surface area contributed by atoms with Gasteiger partial charge in [0, 0.05) is 39.5 Å². The molecule has 7 nitrogen and oxygen atoms in total. The Morgan fingerprint density at radius 2 is 1.47 bits per heavy atom. The molecule has 0 heterocycles.